The van der Waals surface area contributed by atoms with E-state index >= 15 is 0 Å². The summed E-state index contributed by atoms with van der Waals surface area (Å²) in [4.78, 5) is 14.7. The molecule has 0 saturated heterocycles. The van der Waals surface area contributed by atoms with Crippen LogP contribution in [0.1, 0.15) is 5.69 Å². The van der Waals surface area contributed by atoms with Gasteiger partial charge in [-0.1, -0.05) is 11.8 Å². The second kappa shape index (κ2) is 4.96. The maximum Gasteiger partial charge on any atom is 0.313 e. The number of carbonyl (C=O) groups is 1. The van der Waals surface area contributed by atoms with Crippen LogP contribution in [0.3, 0.4) is 0 Å². The van der Waals surface area contributed by atoms with E-state index in [1.807, 2.05) is 19.1 Å². The molecule has 0 aliphatic carbocycles. The number of carboxylic acids is 1. The van der Waals surface area contributed by atoms with Crippen molar-refractivity contribution < 1.29 is 9.90 Å². The van der Waals surface area contributed by atoms with Crippen LogP contribution in [0.15, 0.2) is 29.8 Å². The van der Waals surface area contributed by atoms with Gasteiger partial charge in [-0.05, 0) is 19.1 Å². The molecule has 0 aromatic carbocycles. The second-order valence-electron chi connectivity index (χ2n) is 3.32. The number of pyridine rings is 1. The van der Waals surface area contributed by atoms with Crippen molar-refractivity contribution >= 4 is 17.7 Å². The molecule has 0 unspecified atom stereocenters. The maximum atomic E-state index is 10.5. The number of carboxylic acid groups (broad SMARTS) is 1. The molecular formula is C10H10N4O2S. The van der Waals surface area contributed by atoms with E-state index in [0.29, 0.717) is 5.16 Å². The molecular weight excluding hydrogens is 240 g/mol. The van der Waals surface area contributed by atoms with Crippen LogP contribution in [0, 0.1) is 6.92 Å². The maximum absolute atomic E-state index is 10.5. The van der Waals surface area contributed by atoms with Crippen LogP contribution in [-0.4, -0.2) is 36.6 Å². The molecule has 2 aromatic heterocycles. The Balaban J connectivity index is 2.24. The van der Waals surface area contributed by atoms with Crippen molar-refractivity contribution in [2.45, 2.75) is 12.1 Å². The lowest BCUT2D eigenvalue weighted by molar-refractivity contribution is -0.133. The molecule has 88 valence electrons. The molecule has 0 fully saturated rings. The molecule has 2 rings (SSSR count). The molecule has 0 bridgehead atoms. The van der Waals surface area contributed by atoms with E-state index < -0.39 is 5.97 Å². The van der Waals surface area contributed by atoms with E-state index in [4.69, 9.17) is 5.11 Å². The molecule has 0 atom stereocenters. The summed E-state index contributed by atoms with van der Waals surface area (Å²) in [6.07, 6.45) is 3.24. The third-order valence-corrected chi connectivity index (χ3v) is 2.94. The van der Waals surface area contributed by atoms with Gasteiger partial charge in [0.05, 0.1) is 17.6 Å². The van der Waals surface area contributed by atoms with Crippen molar-refractivity contribution in [2.75, 3.05) is 5.75 Å². The summed E-state index contributed by atoms with van der Waals surface area (Å²) in [6.45, 7) is 1.90. The zero-order valence-electron chi connectivity index (χ0n) is 9.07. The average Bonchev–Trinajstić information content (AvgIpc) is 2.75. The summed E-state index contributed by atoms with van der Waals surface area (Å²) in [5.41, 5.74) is 1.73. The Hall–Kier alpha value is -1.89. The molecule has 1 N–H and O–H groups in total. The fraction of sp³-hybridized carbons (Fsp3) is 0.200. The summed E-state index contributed by atoms with van der Waals surface area (Å²) >= 11 is 1.12. The van der Waals surface area contributed by atoms with Gasteiger partial charge in [-0.25, -0.2) is 0 Å². The standard InChI is InChI=1S/C10H10N4O2S/c1-7-2-3-8(4-11-7)14-6-12-13-10(14)17-5-9(15)16/h2-4,6H,5H2,1H3,(H,15,16). The minimum Gasteiger partial charge on any atom is -0.481 e. The monoisotopic (exact) mass is 250 g/mol. The van der Waals surface area contributed by atoms with E-state index in [2.05, 4.69) is 15.2 Å². The number of aromatic nitrogens is 4. The SMILES string of the molecule is Cc1ccc(-n2cnnc2SCC(=O)O)cn1. The van der Waals surface area contributed by atoms with E-state index in [1.165, 1.54) is 6.33 Å². The lowest BCUT2D eigenvalue weighted by atomic mass is 10.3. The van der Waals surface area contributed by atoms with Crippen molar-refractivity contribution in [1.82, 2.24) is 19.7 Å². The highest BCUT2D eigenvalue weighted by molar-refractivity contribution is 7.99. The van der Waals surface area contributed by atoms with Crippen LogP contribution in [0.5, 0.6) is 0 Å². The number of aliphatic carboxylic acids is 1. The summed E-state index contributed by atoms with van der Waals surface area (Å²) < 4.78 is 1.71. The number of aryl methyl sites for hydroxylation is 1. The molecule has 7 heteroatoms. The number of rotatable bonds is 4. The van der Waals surface area contributed by atoms with Gasteiger partial charge in [-0.15, -0.1) is 10.2 Å². The Bertz CT molecular complexity index is 523. The highest BCUT2D eigenvalue weighted by atomic mass is 32.2. The largest absolute Gasteiger partial charge is 0.481 e. The van der Waals surface area contributed by atoms with Crippen LogP contribution >= 0.6 is 11.8 Å². The van der Waals surface area contributed by atoms with Crippen molar-refractivity contribution in [3.8, 4) is 5.69 Å². The van der Waals surface area contributed by atoms with Crippen molar-refractivity contribution in [3.63, 3.8) is 0 Å². The molecule has 6 nitrogen and oxygen atoms in total. The lowest BCUT2D eigenvalue weighted by Gasteiger charge is -2.04. The first-order valence-electron chi connectivity index (χ1n) is 4.84. The Kier molecular flexibility index (Phi) is 3.38. The smallest absolute Gasteiger partial charge is 0.313 e. The van der Waals surface area contributed by atoms with Crippen molar-refractivity contribution in [1.29, 1.82) is 0 Å². The summed E-state index contributed by atoms with van der Waals surface area (Å²) in [5, 5.41) is 16.8. The van der Waals surface area contributed by atoms with E-state index in [0.717, 1.165) is 23.1 Å². The molecule has 17 heavy (non-hydrogen) atoms. The van der Waals surface area contributed by atoms with Gasteiger partial charge in [0.25, 0.3) is 0 Å². The molecule has 0 spiro atoms. The minimum absolute atomic E-state index is 0.0437. The third kappa shape index (κ3) is 2.82. The van der Waals surface area contributed by atoms with Gasteiger partial charge in [0.15, 0.2) is 5.16 Å². The van der Waals surface area contributed by atoms with Crippen molar-refractivity contribution in [3.05, 3.63) is 30.4 Å². The van der Waals surface area contributed by atoms with Gasteiger partial charge in [-0.2, -0.15) is 0 Å². The summed E-state index contributed by atoms with van der Waals surface area (Å²) in [5.74, 6) is -0.926. The molecule has 0 radical (unpaired) electrons. The Morgan fingerprint density at radius 2 is 2.35 bits per heavy atom. The van der Waals surface area contributed by atoms with Gasteiger partial charge < -0.3 is 5.11 Å². The lowest BCUT2D eigenvalue weighted by Crippen LogP contribution is -2.01. The van der Waals surface area contributed by atoms with Crippen LogP contribution in [-0.2, 0) is 4.79 Å². The molecule has 0 aliphatic heterocycles. The van der Waals surface area contributed by atoms with Gasteiger partial charge in [-0.3, -0.25) is 14.3 Å². The van der Waals surface area contributed by atoms with Crippen LogP contribution in [0.25, 0.3) is 5.69 Å². The van der Waals surface area contributed by atoms with Gasteiger partial charge >= 0.3 is 5.97 Å². The zero-order chi connectivity index (χ0) is 12.3. The number of hydrogen-bond acceptors (Lipinski definition) is 5. The predicted molar refractivity (Wildman–Crippen MR) is 62.3 cm³/mol. The van der Waals surface area contributed by atoms with E-state index in [9.17, 15) is 4.79 Å². The van der Waals surface area contributed by atoms with Crippen LogP contribution < -0.4 is 0 Å². The fourth-order valence-corrected chi connectivity index (χ4v) is 1.88. The average molecular weight is 250 g/mol. The minimum atomic E-state index is -0.883. The van der Waals surface area contributed by atoms with Crippen LogP contribution in [0.4, 0.5) is 0 Å². The summed E-state index contributed by atoms with van der Waals surface area (Å²) in [6, 6.07) is 3.76. The molecule has 0 amide bonds. The first-order valence-corrected chi connectivity index (χ1v) is 5.83. The molecule has 2 aromatic rings. The number of hydrogen-bond donors (Lipinski definition) is 1. The topological polar surface area (TPSA) is 80.9 Å². The third-order valence-electron chi connectivity index (χ3n) is 2.02. The Morgan fingerprint density at radius 1 is 1.53 bits per heavy atom. The van der Waals surface area contributed by atoms with E-state index in [-0.39, 0.29) is 5.75 Å². The van der Waals surface area contributed by atoms with Crippen molar-refractivity contribution in [2.24, 2.45) is 0 Å². The quantitative estimate of drug-likeness (QED) is 0.820. The molecule has 0 aliphatic rings. The van der Waals surface area contributed by atoms with E-state index in [1.54, 1.807) is 10.8 Å². The summed E-state index contributed by atoms with van der Waals surface area (Å²) in [7, 11) is 0. The first kappa shape index (κ1) is 11.6. The number of nitrogens with zero attached hydrogens (tertiary/aromatic N) is 4. The van der Waals surface area contributed by atoms with Crippen LogP contribution in [0.2, 0.25) is 0 Å². The zero-order valence-corrected chi connectivity index (χ0v) is 9.89. The Labute approximate surface area is 102 Å². The first-order chi connectivity index (χ1) is 8.16. The van der Waals surface area contributed by atoms with Gasteiger partial charge in [0, 0.05) is 5.69 Å². The number of thioether (sulfide) groups is 1. The molecule has 0 saturated carbocycles. The van der Waals surface area contributed by atoms with Gasteiger partial charge in [0.2, 0.25) is 0 Å². The highest BCUT2D eigenvalue weighted by Crippen LogP contribution is 2.18. The van der Waals surface area contributed by atoms with Gasteiger partial charge in [0.1, 0.15) is 6.33 Å². The second-order valence-corrected chi connectivity index (χ2v) is 4.27. The predicted octanol–water partition coefficient (Wildman–Crippen LogP) is 1.15. The molecule has 2 heterocycles. The fourth-order valence-electron chi connectivity index (χ4n) is 1.23. The normalized spacial score (nSPS) is 10.4. The Morgan fingerprint density at radius 3 is 3.00 bits per heavy atom. The highest BCUT2D eigenvalue weighted by Gasteiger charge is 2.09.